The standard InChI is InChI=1S/C17H22O2/c1-10(2)13-6-5-11(3)7-14(13)17-15(18)8-12(4)9-16(17)19/h7-9,15,17-19H,1,5-6H2,2-4H3. The van der Waals surface area contributed by atoms with E-state index < -0.39 is 6.10 Å². The average molecular weight is 258 g/mol. The Hall–Kier alpha value is -1.54. The van der Waals surface area contributed by atoms with Gasteiger partial charge in [0.25, 0.3) is 0 Å². The van der Waals surface area contributed by atoms with E-state index in [9.17, 15) is 10.2 Å². The lowest BCUT2D eigenvalue weighted by atomic mass is 9.78. The molecule has 0 bridgehead atoms. The highest BCUT2D eigenvalue weighted by molar-refractivity contribution is 5.48. The van der Waals surface area contributed by atoms with Crippen LogP contribution in [-0.2, 0) is 0 Å². The van der Waals surface area contributed by atoms with Crippen LogP contribution in [-0.4, -0.2) is 16.3 Å². The summed E-state index contributed by atoms with van der Waals surface area (Å²) in [7, 11) is 0. The van der Waals surface area contributed by atoms with Crippen LogP contribution in [0.2, 0.25) is 0 Å². The van der Waals surface area contributed by atoms with Crippen LogP contribution in [0, 0.1) is 5.92 Å². The van der Waals surface area contributed by atoms with E-state index >= 15 is 0 Å². The molecule has 0 spiro atoms. The SMILES string of the molecule is C=C(C)C1=C(C2C(O)=CC(C)=CC2O)C=C(C)CC1. The zero-order valence-corrected chi connectivity index (χ0v) is 11.9. The zero-order valence-electron chi connectivity index (χ0n) is 11.9. The molecule has 0 aromatic heterocycles. The molecule has 102 valence electrons. The fourth-order valence-electron chi connectivity index (χ4n) is 2.88. The molecular formula is C17H22O2. The van der Waals surface area contributed by atoms with Gasteiger partial charge in [0.2, 0.25) is 0 Å². The first-order valence-corrected chi connectivity index (χ1v) is 6.73. The molecule has 0 aromatic rings. The number of aliphatic hydroxyl groups is 2. The van der Waals surface area contributed by atoms with Crippen LogP contribution in [0.3, 0.4) is 0 Å². The molecule has 0 aliphatic heterocycles. The molecule has 0 aromatic carbocycles. The Morgan fingerprint density at radius 2 is 1.95 bits per heavy atom. The van der Waals surface area contributed by atoms with Gasteiger partial charge in [0.1, 0.15) is 5.76 Å². The maximum Gasteiger partial charge on any atom is 0.103 e. The molecule has 2 N–H and O–H groups in total. The summed E-state index contributed by atoms with van der Waals surface area (Å²) in [6, 6.07) is 0. The topological polar surface area (TPSA) is 40.5 Å². The quantitative estimate of drug-likeness (QED) is 0.786. The van der Waals surface area contributed by atoms with Gasteiger partial charge in [-0.2, -0.15) is 0 Å². The van der Waals surface area contributed by atoms with Gasteiger partial charge in [-0.3, -0.25) is 0 Å². The molecule has 0 saturated heterocycles. The minimum atomic E-state index is -0.670. The van der Waals surface area contributed by atoms with Crippen molar-refractivity contribution >= 4 is 0 Å². The van der Waals surface area contributed by atoms with E-state index in [1.165, 1.54) is 11.1 Å². The Balaban J connectivity index is 2.49. The molecule has 2 heteroatoms. The fraction of sp³-hybridized carbons (Fsp3) is 0.412. The van der Waals surface area contributed by atoms with Gasteiger partial charge in [-0.25, -0.2) is 0 Å². The van der Waals surface area contributed by atoms with Crippen molar-refractivity contribution < 1.29 is 10.2 Å². The van der Waals surface area contributed by atoms with E-state index in [0.717, 1.165) is 29.6 Å². The van der Waals surface area contributed by atoms with Gasteiger partial charge in [0.05, 0.1) is 12.0 Å². The van der Waals surface area contributed by atoms with Gasteiger partial charge < -0.3 is 10.2 Å². The third-order valence-electron chi connectivity index (χ3n) is 3.84. The first-order valence-electron chi connectivity index (χ1n) is 6.73. The van der Waals surface area contributed by atoms with Crippen LogP contribution in [0.15, 0.2) is 58.4 Å². The summed E-state index contributed by atoms with van der Waals surface area (Å²) >= 11 is 0. The normalized spacial score (nSPS) is 27.7. The van der Waals surface area contributed by atoms with E-state index in [2.05, 4.69) is 19.6 Å². The van der Waals surface area contributed by atoms with Crippen molar-refractivity contribution in [3.8, 4) is 0 Å². The summed E-state index contributed by atoms with van der Waals surface area (Å²) in [5.74, 6) is -0.113. The van der Waals surface area contributed by atoms with Gasteiger partial charge >= 0.3 is 0 Å². The summed E-state index contributed by atoms with van der Waals surface area (Å²) in [6.07, 6.45) is 6.92. The van der Waals surface area contributed by atoms with Crippen molar-refractivity contribution in [2.75, 3.05) is 0 Å². The van der Waals surface area contributed by atoms with Crippen molar-refractivity contribution in [3.63, 3.8) is 0 Å². The molecule has 2 aliphatic rings. The van der Waals surface area contributed by atoms with Crippen LogP contribution in [0.1, 0.15) is 33.6 Å². The second kappa shape index (κ2) is 5.22. The number of rotatable bonds is 2. The number of allylic oxidation sites excluding steroid dienone is 6. The zero-order chi connectivity index (χ0) is 14.2. The monoisotopic (exact) mass is 258 g/mol. The summed E-state index contributed by atoms with van der Waals surface area (Å²) in [6.45, 7) is 9.99. The van der Waals surface area contributed by atoms with Gasteiger partial charge in [-0.15, -0.1) is 0 Å². The molecule has 0 saturated carbocycles. The second-order valence-electron chi connectivity index (χ2n) is 5.65. The van der Waals surface area contributed by atoms with Crippen LogP contribution >= 0.6 is 0 Å². The number of aliphatic hydroxyl groups excluding tert-OH is 2. The largest absolute Gasteiger partial charge is 0.512 e. The predicted octanol–water partition coefficient (Wildman–Crippen LogP) is 3.98. The molecule has 2 aliphatic carbocycles. The highest BCUT2D eigenvalue weighted by Crippen LogP contribution is 2.38. The van der Waals surface area contributed by atoms with Gasteiger partial charge in [-0.05, 0) is 56.4 Å². The third-order valence-corrected chi connectivity index (χ3v) is 3.84. The number of hydrogen-bond donors (Lipinski definition) is 2. The van der Waals surface area contributed by atoms with Crippen LogP contribution in [0.25, 0.3) is 0 Å². The highest BCUT2D eigenvalue weighted by atomic mass is 16.3. The van der Waals surface area contributed by atoms with Crippen LogP contribution in [0.4, 0.5) is 0 Å². The molecule has 0 radical (unpaired) electrons. The third kappa shape index (κ3) is 2.74. The predicted molar refractivity (Wildman–Crippen MR) is 78.8 cm³/mol. The Morgan fingerprint density at radius 1 is 1.26 bits per heavy atom. The molecule has 0 amide bonds. The van der Waals surface area contributed by atoms with Gasteiger partial charge in [0, 0.05) is 0 Å². The lowest BCUT2D eigenvalue weighted by Crippen LogP contribution is -2.26. The van der Waals surface area contributed by atoms with Crippen molar-refractivity contribution in [3.05, 3.63) is 58.4 Å². The number of hydrogen-bond acceptors (Lipinski definition) is 2. The molecule has 2 nitrogen and oxygen atoms in total. The molecule has 2 atom stereocenters. The first-order chi connectivity index (χ1) is 8.90. The van der Waals surface area contributed by atoms with E-state index in [-0.39, 0.29) is 11.7 Å². The summed E-state index contributed by atoms with van der Waals surface area (Å²) < 4.78 is 0. The minimum Gasteiger partial charge on any atom is -0.512 e. The van der Waals surface area contributed by atoms with Crippen molar-refractivity contribution in [1.82, 2.24) is 0 Å². The Labute approximate surface area is 115 Å². The van der Waals surface area contributed by atoms with E-state index in [4.69, 9.17) is 0 Å². The van der Waals surface area contributed by atoms with Crippen LogP contribution in [0.5, 0.6) is 0 Å². The molecular weight excluding hydrogens is 236 g/mol. The Bertz CT molecular complexity index is 529. The lowest BCUT2D eigenvalue weighted by Gasteiger charge is -2.30. The van der Waals surface area contributed by atoms with Crippen molar-refractivity contribution in [2.24, 2.45) is 5.92 Å². The lowest BCUT2D eigenvalue weighted by molar-refractivity contribution is 0.156. The summed E-state index contributed by atoms with van der Waals surface area (Å²) in [5.41, 5.74) is 5.38. The van der Waals surface area contributed by atoms with E-state index in [0.29, 0.717) is 0 Å². The van der Waals surface area contributed by atoms with E-state index in [1.54, 1.807) is 12.2 Å². The highest BCUT2D eigenvalue weighted by Gasteiger charge is 2.30. The fourth-order valence-corrected chi connectivity index (χ4v) is 2.88. The average Bonchev–Trinajstić information content (AvgIpc) is 2.27. The van der Waals surface area contributed by atoms with Crippen molar-refractivity contribution in [1.29, 1.82) is 0 Å². The molecule has 0 fully saturated rings. The molecule has 0 heterocycles. The smallest absolute Gasteiger partial charge is 0.103 e. The van der Waals surface area contributed by atoms with Crippen molar-refractivity contribution in [2.45, 2.75) is 39.7 Å². The Morgan fingerprint density at radius 3 is 2.53 bits per heavy atom. The van der Waals surface area contributed by atoms with Gasteiger partial charge in [-0.1, -0.05) is 29.9 Å². The molecule has 2 rings (SSSR count). The summed E-state index contributed by atoms with van der Waals surface area (Å²) in [4.78, 5) is 0. The summed E-state index contributed by atoms with van der Waals surface area (Å²) in [5, 5.41) is 20.5. The molecule has 19 heavy (non-hydrogen) atoms. The maximum absolute atomic E-state index is 10.3. The first kappa shape index (κ1) is 13.9. The minimum absolute atomic E-state index is 0.243. The maximum atomic E-state index is 10.3. The second-order valence-corrected chi connectivity index (χ2v) is 5.65. The van der Waals surface area contributed by atoms with Crippen LogP contribution < -0.4 is 0 Å². The molecule has 2 unspecified atom stereocenters. The van der Waals surface area contributed by atoms with E-state index in [1.807, 2.05) is 13.8 Å². The van der Waals surface area contributed by atoms with Gasteiger partial charge in [0.15, 0.2) is 0 Å². The Kier molecular flexibility index (Phi) is 3.81.